The molecule has 1 heterocycles. The van der Waals surface area contributed by atoms with Crippen LogP contribution in [0.5, 0.6) is 0 Å². The van der Waals surface area contributed by atoms with E-state index in [4.69, 9.17) is 9.47 Å². The van der Waals surface area contributed by atoms with Crippen molar-refractivity contribution in [3.63, 3.8) is 0 Å². The molecule has 7 heteroatoms. The summed E-state index contributed by atoms with van der Waals surface area (Å²) in [5.74, 6) is -0.759. The molecule has 0 radical (unpaired) electrons. The van der Waals surface area contributed by atoms with E-state index in [2.05, 4.69) is 26.2 Å². The maximum absolute atomic E-state index is 12.0. The van der Waals surface area contributed by atoms with Gasteiger partial charge in [-0.15, -0.1) is 0 Å². The minimum atomic E-state index is -0.515. The van der Waals surface area contributed by atoms with Gasteiger partial charge in [0, 0.05) is 29.3 Å². The molecule has 6 nitrogen and oxygen atoms in total. The number of pyridine rings is 1. The number of benzene rings is 1. The molecule has 2 rings (SSSR count). The number of aromatic nitrogens is 1. The summed E-state index contributed by atoms with van der Waals surface area (Å²) in [4.78, 5) is 27.8. The van der Waals surface area contributed by atoms with Crippen LogP contribution < -0.4 is 5.32 Å². The van der Waals surface area contributed by atoms with Crippen molar-refractivity contribution in [3.05, 3.63) is 63.9 Å². The molecule has 0 amide bonds. The monoisotopic (exact) mass is 406 g/mol. The number of nitrogens with zero attached hydrogens (tertiary/aromatic N) is 1. The first-order valence-corrected chi connectivity index (χ1v) is 8.42. The molecule has 1 N–H and O–H groups in total. The molecule has 1 aromatic carbocycles. The number of hydrogen-bond acceptors (Lipinski definition) is 6. The summed E-state index contributed by atoms with van der Waals surface area (Å²) < 4.78 is 10.2. The van der Waals surface area contributed by atoms with E-state index in [1.807, 2.05) is 24.3 Å². The second kappa shape index (κ2) is 9.29. The van der Waals surface area contributed by atoms with Crippen molar-refractivity contribution >= 4 is 27.9 Å². The minimum Gasteiger partial charge on any atom is -0.468 e. The van der Waals surface area contributed by atoms with Crippen molar-refractivity contribution in [2.75, 3.05) is 14.2 Å². The highest BCUT2D eigenvalue weighted by atomic mass is 79.9. The second-order valence-corrected chi connectivity index (χ2v) is 6.14. The highest BCUT2D eigenvalue weighted by molar-refractivity contribution is 9.10. The average molecular weight is 407 g/mol. The maximum Gasteiger partial charge on any atom is 0.338 e. The van der Waals surface area contributed by atoms with Gasteiger partial charge >= 0.3 is 11.9 Å². The first kappa shape index (κ1) is 19.1. The SMILES string of the molecule is COC(=O)c1ccc(CN[C@H](Cc2ccccn2)C(=O)OC)cc1Br. The Bertz CT molecular complexity index is 737. The lowest BCUT2D eigenvalue weighted by Crippen LogP contribution is -2.39. The molecule has 1 atom stereocenters. The van der Waals surface area contributed by atoms with Gasteiger partial charge in [0.2, 0.25) is 0 Å². The molecule has 132 valence electrons. The van der Waals surface area contributed by atoms with Gasteiger partial charge in [-0.25, -0.2) is 4.79 Å². The summed E-state index contributed by atoms with van der Waals surface area (Å²) in [5.41, 5.74) is 2.16. The van der Waals surface area contributed by atoms with Gasteiger partial charge in [-0.2, -0.15) is 0 Å². The van der Waals surface area contributed by atoms with E-state index in [0.717, 1.165) is 11.3 Å². The fourth-order valence-corrected chi connectivity index (χ4v) is 2.88. The van der Waals surface area contributed by atoms with Crippen LogP contribution in [0.2, 0.25) is 0 Å². The Morgan fingerprint density at radius 3 is 2.60 bits per heavy atom. The predicted octanol–water partition coefficient (Wildman–Crippen LogP) is 2.50. The molecule has 0 saturated heterocycles. The highest BCUT2D eigenvalue weighted by Crippen LogP contribution is 2.19. The van der Waals surface area contributed by atoms with Crippen LogP contribution >= 0.6 is 15.9 Å². The second-order valence-electron chi connectivity index (χ2n) is 5.29. The highest BCUT2D eigenvalue weighted by Gasteiger charge is 2.20. The van der Waals surface area contributed by atoms with E-state index >= 15 is 0 Å². The summed E-state index contributed by atoms with van der Waals surface area (Å²) in [6.45, 7) is 0.437. The van der Waals surface area contributed by atoms with Gasteiger partial charge in [-0.1, -0.05) is 12.1 Å². The molecule has 0 fully saturated rings. The number of methoxy groups -OCH3 is 2. The van der Waals surface area contributed by atoms with Gasteiger partial charge in [0.15, 0.2) is 0 Å². The topological polar surface area (TPSA) is 77.5 Å². The van der Waals surface area contributed by atoms with Crippen molar-refractivity contribution in [3.8, 4) is 0 Å². The number of carbonyl (C=O) groups excluding carboxylic acids is 2. The van der Waals surface area contributed by atoms with Gasteiger partial charge in [-0.05, 0) is 45.8 Å². The first-order chi connectivity index (χ1) is 12.0. The van der Waals surface area contributed by atoms with Crippen LogP contribution in [0.4, 0.5) is 0 Å². The zero-order valence-electron chi connectivity index (χ0n) is 14.0. The van der Waals surface area contributed by atoms with Crippen LogP contribution in [0.25, 0.3) is 0 Å². The average Bonchev–Trinajstić information content (AvgIpc) is 2.64. The van der Waals surface area contributed by atoms with E-state index in [1.54, 1.807) is 18.3 Å². The smallest absolute Gasteiger partial charge is 0.338 e. The predicted molar refractivity (Wildman–Crippen MR) is 96.1 cm³/mol. The molecule has 0 saturated carbocycles. The fraction of sp³-hybridized carbons (Fsp3) is 0.278. The molecule has 0 unspecified atom stereocenters. The lowest BCUT2D eigenvalue weighted by atomic mass is 10.1. The number of ether oxygens (including phenoxy) is 2. The number of nitrogens with one attached hydrogen (secondary N) is 1. The molecular formula is C18H19BrN2O4. The standard InChI is InChI=1S/C18H19BrN2O4/c1-24-17(22)14-7-6-12(9-15(14)19)11-21-16(18(23)25-2)10-13-5-3-4-8-20-13/h3-9,16,21H,10-11H2,1-2H3/t16-/m1/s1. The third-order valence-corrected chi connectivity index (χ3v) is 4.27. The summed E-state index contributed by atoms with van der Waals surface area (Å²) in [6.07, 6.45) is 2.11. The number of halogens is 1. The Hall–Kier alpha value is -2.25. The van der Waals surface area contributed by atoms with E-state index in [9.17, 15) is 9.59 Å². The van der Waals surface area contributed by atoms with Crippen molar-refractivity contribution in [2.24, 2.45) is 0 Å². The third kappa shape index (κ3) is 5.37. The van der Waals surface area contributed by atoms with Crippen molar-refractivity contribution in [2.45, 2.75) is 19.0 Å². The summed E-state index contributed by atoms with van der Waals surface area (Å²) >= 11 is 3.36. The van der Waals surface area contributed by atoms with Gasteiger partial charge in [0.05, 0.1) is 19.8 Å². The van der Waals surface area contributed by atoms with E-state index in [0.29, 0.717) is 23.0 Å². The number of esters is 2. The van der Waals surface area contributed by atoms with Crippen molar-refractivity contribution in [1.82, 2.24) is 10.3 Å². The lowest BCUT2D eigenvalue weighted by molar-refractivity contribution is -0.143. The van der Waals surface area contributed by atoms with Crippen molar-refractivity contribution < 1.29 is 19.1 Å². The zero-order valence-corrected chi connectivity index (χ0v) is 15.6. The zero-order chi connectivity index (χ0) is 18.2. The Morgan fingerprint density at radius 1 is 1.20 bits per heavy atom. The lowest BCUT2D eigenvalue weighted by Gasteiger charge is -2.16. The summed E-state index contributed by atoms with van der Waals surface area (Å²) in [7, 11) is 2.69. The molecule has 0 aliphatic heterocycles. The molecule has 0 bridgehead atoms. The normalized spacial score (nSPS) is 11.6. The third-order valence-electron chi connectivity index (χ3n) is 3.62. The van der Waals surface area contributed by atoms with E-state index < -0.39 is 12.0 Å². The first-order valence-electron chi connectivity index (χ1n) is 7.63. The van der Waals surface area contributed by atoms with Gasteiger partial charge in [0.25, 0.3) is 0 Å². The van der Waals surface area contributed by atoms with Crippen LogP contribution in [0, 0.1) is 0 Å². The number of rotatable bonds is 7. The molecule has 2 aromatic rings. The van der Waals surface area contributed by atoms with E-state index in [1.165, 1.54) is 14.2 Å². The Morgan fingerprint density at radius 2 is 2.00 bits per heavy atom. The number of carbonyl (C=O) groups is 2. The molecule has 0 aliphatic carbocycles. The van der Waals surface area contributed by atoms with Crippen LogP contribution in [0.1, 0.15) is 21.6 Å². The van der Waals surface area contributed by atoms with Crippen LogP contribution in [0.3, 0.4) is 0 Å². The summed E-state index contributed by atoms with van der Waals surface area (Å²) in [5, 5.41) is 3.17. The quantitative estimate of drug-likeness (QED) is 0.711. The Balaban J connectivity index is 2.06. The number of hydrogen-bond donors (Lipinski definition) is 1. The van der Waals surface area contributed by atoms with Gasteiger partial charge in [0.1, 0.15) is 6.04 Å². The maximum atomic E-state index is 12.0. The minimum absolute atomic E-state index is 0.351. The van der Waals surface area contributed by atoms with E-state index in [-0.39, 0.29) is 5.97 Å². The van der Waals surface area contributed by atoms with Crippen molar-refractivity contribution in [1.29, 1.82) is 0 Å². The summed E-state index contributed by atoms with van der Waals surface area (Å²) in [6, 6.07) is 10.3. The van der Waals surface area contributed by atoms with Crippen LogP contribution in [-0.4, -0.2) is 37.2 Å². The van der Waals surface area contributed by atoms with Gasteiger partial charge in [-0.3, -0.25) is 15.1 Å². The fourth-order valence-electron chi connectivity index (χ4n) is 2.29. The molecular weight excluding hydrogens is 388 g/mol. The van der Waals surface area contributed by atoms with Crippen LogP contribution in [-0.2, 0) is 27.2 Å². The molecule has 25 heavy (non-hydrogen) atoms. The van der Waals surface area contributed by atoms with Gasteiger partial charge < -0.3 is 9.47 Å². The molecule has 0 spiro atoms. The largest absolute Gasteiger partial charge is 0.468 e. The molecule has 1 aromatic heterocycles. The molecule has 0 aliphatic rings. The van der Waals surface area contributed by atoms with Crippen LogP contribution in [0.15, 0.2) is 47.1 Å². The Labute approximate surface area is 154 Å². The Kier molecular flexibility index (Phi) is 7.09.